The van der Waals surface area contributed by atoms with E-state index in [1.807, 2.05) is 0 Å². The van der Waals surface area contributed by atoms with Crippen LogP contribution < -0.4 is 10.2 Å². The van der Waals surface area contributed by atoms with Crippen molar-refractivity contribution < 1.29 is 23.1 Å². The Hall–Kier alpha value is -3.93. The van der Waals surface area contributed by atoms with Crippen LogP contribution in [0.1, 0.15) is 53.8 Å². The van der Waals surface area contributed by atoms with Crippen LogP contribution in [0.25, 0.3) is 5.65 Å². The maximum absolute atomic E-state index is 14.5. The number of fused-ring (bicyclic) bond motifs is 1. The highest BCUT2D eigenvalue weighted by Crippen LogP contribution is 2.38. The fourth-order valence-electron chi connectivity index (χ4n) is 5.22. The van der Waals surface area contributed by atoms with E-state index in [-0.39, 0.29) is 42.2 Å². The van der Waals surface area contributed by atoms with Crippen molar-refractivity contribution in [3.05, 3.63) is 71.7 Å². The lowest BCUT2D eigenvalue weighted by Crippen LogP contribution is -2.26. The maximum atomic E-state index is 14.5. The van der Waals surface area contributed by atoms with E-state index in [1.54, 1.807) is 34.0 Å². The summed E-state index contributed by atoms with van der Waals surface area (Å²) in [7, 11) is 0. The minimum absolute atomic E-state index is 0.00566. The van der Waals surface area contributed by atoms with E-state index < -0.39 is 29.8 Å². The van der Waals surface area contributed by atoms with Crippen LogP contribution in [0.15, 0.2) is 48.8 Å². The molecule has 2 N–H and O–H groups in total. The van der Waals surface area contributed by atoms with Crippen LogP contribution in [-0.4, -0.2) is 54.2 Å². The molecule has 4 atom stereocenters. The molecule has 1 saturated heterocycles. The molecule has 2 fully saturated rings. The molecule has 0 radical (unpaired) electrons. The lowest BCUT2D eigenvalue weighted by molar-refractivity contribution is 0.102. The third-order valence-corrected chi connectivity index (χ3v) is 7.04. The van der Waals surface area contributed by atoms with Crippen molar-refractivity contribution in [2.45, 2.75) is 50.0 Å². The second-order valence-electron chi connectivity index (χ2n) is 9.53. The van der Waals surface area contributed by atoms with Crippen LogP contribution in [0.4, 0.5) is 24.8 Å². The van der Waals surface area contributed by atoms with E-state index in [1.165, 1.54) is 10.7 Å². The van der Waals surface area contributed by atoms with E-state index in [0.29, 0.717) is 24.3 Å². The van der Waals surface area contributed by atoms with Crippen molar-refractivity contribution in [2.75, 3.05) is 16.8 Å². The number of carbonyl (C=O) groups excluding carboxylic acids is 1. The van der Waals surface area contributed by atoms with E-state index in [9.17, 15) is 23.1 Å². The van der Waals surface area contributed by atoms with Crippen LogP contribution in [0.2, 0.25) is 0 Å². The number of benzene rings is 1. The Labute approximate surface area is 209 Å². The number of nitrogens with zero attached hydrogens (tertiary/aromatic N) is 6. The van der Waals surface area contributed by atoms with Gasteiger partial charge in [0.05, 0.1) is 30.9 Å². The molecule has 4 aromatic rings. The molecule has 12 heteroatoms. The molecule has 3 aromatic heterocycles. The van der Waals surface area contributed by atoms with Gasteiger partial charge < -0.3 is 15.3 Å². The largest absolute Gasteiger partial charge is 0.393 e. The van der Waals surface area contributed by atoms with Crippen LogP contribution in [0.5, 0.6) is 0 Å². The van der Waals surface area contributed by atoms with Gasteiger partial charge in [0.15, 0.2) is 17.2 Å². The van der Waals surface area contributed by atoms with Gasteiger partial charge in [0, 0.05) is 18.2 Å². The third-order valence-electron chi connectivity index (χ3n) is 7.04. The number of alkyl halides is 1. The molecule has 1 saturated carbocycles. The van der Waals surface area contributed by atoms with Gasteiger partial charge in [0.2, 0.25) is 0 Å². The van der Waals surface area contributed by atoms with Crippen molar-refractivity contribution in [3.8, 4) is 0 Å². The van der Waals surface area contributed by atoms with Gasteiger partial charge in [-0.2, -0.15) is 9.61 Å². The first kappa shape index (κ1) is 23.5. The molecular formula is C25H24F3N7O2. The van der Waals surface area contributed by atoms with E-state index in [0.717, 1.165) is 24.6 Å². The Kier molecular flexibility index (Phi) is 5.82. The molecule has 2 aliphatic rings. The summed E-state index contributed by atoms with van der Waals surface area (Å²) in [4.78, 5) is 18.7. The number of hydrogen-bond donors (Lipinski definition) is 2. The monoisotopic (exact) mass is 511 g/mol. The molecule has 1 aromatic carbocycles. The number of carbonyl (C=O) groups is 1. The molecule has 2 unspecified atom stereocenters. The number of hydrogen-bond acceptors (Lipinski definition) is 6. The Bertz CT molecular complexity index is 1470. The molecule has 0 spiro atoms. The molecule has 0 bridgehead atoms. The van der Waals surface area contributed by atoms with E-state index in [4.69, 9.17) is 0 Å². The molecule has 1 amide bonds. The van der Waals surface area contributed by atoms with Gasteiger partial charge in [-0.25, -0.2) is 18.2 Å². The van der Waals surface area contributed by atoms with E-state index >= 15 is 0 Å². The van der Waals surface area contributed by atoms with Gasteiger partial charge in [-0.15, -0.1) is 5.10 Å². The standard InChI is InChI=1S/C25H24F3N7O2/c26-14-1-4-19(28)18(9-14)21-10-15(27)13-33(21)23-6-5-22-29-12-24(35(22)32-23)30-25(37)20-7-8-34(31-20)16-2-3-17(36)11-16/h1,4-9,12,15-17,21,36H,2-3,10-11,13H2,(H,30,37)/t15-,16?,17?,21+/m0/s1. The van der Waals surface area contributed by atoms with Gasteiger partial charge in [-0.1, -0.05) is 0 Å². The molecule has 4 heterocycles. The summed E-state index contributed by atoms with van der Waals surface area (Å²) in [6.07, 6.45) is 3.64. The summed E-state index contributed by atoms with van der Waals surface area (Å²) in [5.41, 5.74) is 0.703. The summed E-state index contributed by atoms with van der Waals surface area (Å²) in [6, 6.07) is 7.34. The Morgan fingerprint density at radius 2 is 1.95 bits per heavy atom. The number of nitrogens with one attached hydrogen (secondary N) is 1. The summed E-state index contributed by atoms with van der Waals surface area (Å²) >= 11 is 0. The van der Waals surface area contributed by atoms with Crippen molar-refractivity contribution in [1.82, 2.24) is 24.4 Å². The van der Waals surface area contributed by atoms with E-state index in [2.05, 4.69) is 20.5 Å². The molecule has 6 rings (SSSR count). The minimum Gasteiger partial charge on any atom is -0.393 e. The van der Waals surface area contributed by atoms with Crippen LogP contribution in [-0.2, 0) is 0 Å². The van der Waals surface area contributed by atoms with Crippen molar-refractivity contribution in [3.63, 3.8) is 0 Å². The van der Waals surface area contributed by atoms with Crippen molar-refractivity contribution in [2.24, 2.45) is 0 Å². The smallest absolute Gasteiger partial charge is 0.277 e. The number of halogens is 3. The first-order valence-electron chi connectivity index (χ1n) is 12.1. The summed E-state index contributed by atoms with van der Waals surface area (Å²) in [6.45, 7) is -0.0389. The fourth-order valence-corrected chi connectivity index (χ4v) is 5.22. The third kappa shape index (κ3) is 4.41. The fraction of sp³-hybridized carbons (Fsp3) is 0.360. The second-order valence-corrected chi connectivity index (χ2v) is 9.53. The zero-order valence-electron chi connectivity index (χ0n) is 19.6. The van der Waals surface area contributed by atoms with Crippen molar-refractivity contribution >= 4 is 23.2 Å². The van der Waals surface area contributed by atoms with Gasteiger partial charge >= 0.3 is 0 Å². The molecule has 1 aliphatic carbocycles. The predicted octanol–water partition coefficient (Wildman–Crippen LogP) is 3.83. The second kappa shape index (κ2) is 9.18. The number of aliphatic hydroxyl groups is 1. The Balaban J connectivity index is 1.26. The molecule has 1 aliphatic heterocycles. The minimum atomic E-state index is -1.25. The summed E-state index contributed by atoms with van der Waals surface area (Å²) in [5.74, 6) is -1.08. The first-order valence-corrected chi connectivity index (χ1v) is 12.1. The quantitative estimate of drug-likeness (QED) is 0.423. The van der Waals surface area contributed by atoms with Crippen LogP contribution in [0, 0.1) is 11.6 Å². The topological polar surface area (TPSA) is 101 Å². The van der Waals surface area contributed by atoms with Gasteiger partial charge in [-0.05, 0) is 55.7 Å². The highest BCUT2D eigenvalue weighted by molar-refractivity contribution is 6.02. The SMILES string of the molecule is O=C(Nc1cnc2ccc(N3C[C@@H](F)C[C@@H]3c3cc(F)ccc3F)nn12)c1ccn(C2CCC(O)C2)n1. The van der Waals surface area contributed by atoms with Crippen LogP contribution >= 0.6 is 0 Å². The molecule has 9 nitrogen and oxygen atoms in total. The summed E-state index contributed by atoms with van der Waals surface area (Å²) in [5, 5.41) is 21.4. The number of rotatable bonds is 5. The number of imidazole rings is 1. The predicted molar refractivity (Wildman–Crippen MR) is 128 cm³/mol. The average molecular weight is 512 g/mol. The van der Waals surface area contributed by atoms with Gasteiger partial charge in [0.25, 0.3) is 5.91 Å². The number of aliphatic hydroxyl groups excluding tert-OH is 1. The number of aromatic nitrogens is 5. The van der Waals surface area contributed by atoms with Gasteiger partial charge in [0.1, 0.15) is 23.6 Å². The highest BCUT2D eigenvalue weighted by atomic mass is 19.1. The zero-order valence-corrected chi connectivity index (χ0v) is 19.6. The molecular weight excluding hydrogens is 487 g/mol. The van der Waals surface area contributed by atoms with Crippen LogP contribution in [0.3, 0.4) is 0 Å². The highest BCUT2D eigenvalue weighted by Gasteiger charge is 2.36. The first-order chi connectivity index (χ1) is 17.9. The number of amides is 1. The van der Waals surface area contributed by atoms with Gasteiger partial charge in [-0.3, -0.25) is 9.48 Å². The lowest BCUT2D eigenvalue weighted by Gasteiger charge is -2.26. The maximum Gasteiger partial charge on any atom is 0.277 e. The Morgan fingerprint density at radius 3 is 2.76 bits per heavy atom. The normalized spacial score (nSPS) is 23.7. The lowest BCUT2D eigenvalue weighted by atomic mass is 10.0. The molecule has 37 heavy (non-hydrogen) atoms. The van der Waals surface area contributed by atoms with Crippen molar-refractivity contribution in [1.29, 1.82) is 0 Å². The average Bonchev–Trinajstić information content (AvgIpc) is 3.67. The zero-order chi connectivity index (χ0) is 25.7. The number of anilines is 2. The Morgan fingerprint density at radius 1 is 1.08 bits per heavy atom. The summed E-state index contributed by atoms with van der Waals surface area (Å²) < 4.78 is 45.9. The molecule has 192 valence electrons.